The van der Waals surface area contributed by atoms with Crippen LogP contribution in [0.4, 0.5) is 5.69 Å². The molecule has 5 nitrogen and oxygen atoms in total. The number of rotatable bonds is 4. The monoisotopic (exact) mass is 303 g/mol. The van der Waals surface area contributed by atoms with Gasteiger partial charge < -0.3 is 0 Å². The normalized spacial score (nSPS) is 19.5. The Morgan fingerprint density at radius 1 is 1.38 bits per heavy atom. The predicted octanol–water partition coefficient (Wildman–Crippen LogP) is 3.78. The second-order valence-electron chi connectivity index (χ2n) is 5.24. The van der Waals surface area contributed by atoms with Gasteiger partial charge in [0.2, 0.25) is 0 Å². The Morgan fingerprint density at radius 3 is 3.00 bits per heavy atom. The van der Waals surface area contributed by atoms with Crippen LogP contribution in [0.5, 0.6) is 0 Å². The summed E-state index contributed by atoms with van der Waals surface area (Å²) in [5.41, 5.74) is 0.993. The number of nitro benzene ring substituents is 1. The van der Waals surface area contributed by atoms with Crippen LogP contribution in [0.15, 0.2) is 35.8 Å². The summed E-state index contributed by atoms with van der Waals surface area (Å²) in [6.45, 7) is 1.58. The largest absolute Gasteiger partial charge is 0.289 e. The minimum atomic E-state index is -0.294. The fourth-order valence-electron chi connectivity index (χ4n) is 2.90. The molecule has 1 saturated heterocycles. The van der Waals surface area contributed by atoms with E-state index in [-0.39, 0.29) is 10.6 Å². The third-order valence-corrected chi connectivity index (χ3v) is 4.79. The molecule has 1 aliphatic rings. The average Bonchev–Trinajstić information content (AvgIpc) is 3.02. The zero-order valence-corrected chi connectivity index (χ0v) is 12.5. The quantitative estimate of drug-likeness (QED) is 0.637. The van der Waals surface area contributed by atoms with Gasteiger partial charge in [-0.25, -0.2) is 4.98 Å². The molecule has 1 atom stereocenters. The van der Waals surface area contributed by atoms with Gasteiger partial charge in [0.15, 0.2) is 0 Å². The summed E-state index contributed by atoms with van der Waals surface area (Å²) in [4.78, 5) is 17.6. The van der Waals surface area contributed by atoms with Crippen LogP contribution in [0.25, 0.3) is 0 Å². The lowest BCUT2D eigenvalue weighted by atomic mass is 10.0. The maximum atomic E-state index is 11.2. The van der Waals surface area contributed by atoms with Crippen molar-refractivity contribution in [2.45, 2.75) is 31.8 Å². The summed E-state index contributed by atoms with van der Waals surface area (Å²) < 4.78 is 0. The van der Waals surface area contributed by atoms with Gasteiger partial charge in [0, 0.05) is 29.8 Å². The number of hydrogen-bond donors (Lipinski definition) is 0. The summed E-state index contributed by atoms with van der Waals surface area (Å²) in [5.74, 6) is 0. The molecule has 0 spiro atoms. The van der Waals surface area contributed by atoms with Crippen LogP contribution in [0.2, 0.25) is 0 Å². The van der Waals surface area contributed by atoms with Crippen molar-refractivity contribution in [2.75, 3.05) is 6.54 Å². The van der Waals surface area contributed by atoms with Crippen LogP contribution in [-0.2, 0) is 6.54 Å². The molecular formula is C15H17N3O2S. The second-order valence-corrected chi connectivity index (χ2v) is 6.16. The number of thiazole rings is 1. The van der Waals surface area contributed by atoms with Crippen LogP contribution in [-0.4, -0.2) is 21.4 Å². The van der Waals surface area contributed by atoms with E-state index >= 15 is 0 Å². The van der Waals surface area contributed by atoms with E-state index < -0.39 is 0 Å². The molecule has 1 fully saturated rings. The van der Waals surface area contributed by atoms with Gasteiger partial charge in [0.05, 0.1) is 11.0 Å². The summed E-state index contributed by atoms with van der Waals surface area (Å²) >= 11 is 1.67. The van der Waals surface area contributed by atoms with Crippen molar-refractivity contribution < 1.29 is 4.92 Å². The van der Waals surface area contributed by atoms with E-state index in [2.05, 4.69) is 9.88 Å². The van der Waals surface area contributed by atoms with E-state index in [9.17, 15) is 10.1 Å². The number of para-hydroxylation sites is 1. The van der Waals surface area contributed by atoms with Crippen molar-refractivity contribution in [1.82, 2.24) is 9.88 Å². The topological polar surface area (TPSA) is 59.3 Å². The van der Waals surface area contributed by atoms with Gasteiger partial charge in [-0.05, 0) is 19.4 Å². The highest BCUT2D eigenvalue weighted by Crippen LogP contribution is 2.34. The van der Waals surface area contributed by atoms with Gasteiger partial charge >= 0.3 is 0 Å². The highest BCUT2D eigenvalue weighted by atomic mass is 32.1. The number of nitro groups is 1. The van der Waals surface area contributed by atoms with Gasteiger partial charge in [-0.2, -0.15) is 0 Å². The van der Waals surface area contributed by atoms with Gasteiger partial charge in [0.1, 0.15) is 5.01 Å². The van der Waals surface area contributed by atoms with E-state index in [1.54, 1.807) is 23.5 Å². The summed E-state index contributed by atoms with van der Waals surface area (Å²) in [6.07, 6.45) is 5.24. The molecule has 3 rings (SSSR count). The molecule has 0 bridgehead atoms. The van der Waals surface area contributed by atoms with Crippen LogP contribution in [0.3, 0.4) is 0 Å². The number of hydrogen-bond acceptors (Lipinski definition) is 5. The molecule has 0 amide bonds. The average molecular weight is 303 g/mol. The first-order chi connectivity index (χ1) is 10.3. The van der Waals surface area contributed by atoms with Crippen LogP contribution in [0.1, 0.15) is 35.9 Å². The molecule has 1 aromatic carbocycles. The third kappa shape index (κ3) is 3.11. The zero-order valence-electron chi connectivity index (χ0n) is 11.6. The van der Waals surface area contributed by atoms with Crippen LogP contribution < -0.4 is 0 Å². The van der Waals surface area contributed by atoms with Crippen molar-refractivity contribution in [1.29, 1.82) is 0 Å². The van der Waals surface area contributed by atoms with Crippen molar-refractivity contribution >= 4 is 17.0 Å². The molecule has 21 heavy (non-hydrogen) atoms. The number of likely N-dealkylation sites (tertiary alicyclic amines) is 1. The Morgan fingerprint density at radius 2 is 2.24 bits per heavy atom. The van der Waals surface area contributed by atoms with Gasteiger partial charge in [0.25, 0.3) is 5.69 Å². The van der Waals surface area contributed by atoms with E-state index in [4.69, 9.17) is 0 Å². The fourth-order valence-corrected chi connectivity index (χ4v) is 3.71. The molecular weight excluding hydrogens is 286 g/mol. The van der Waals surface area contributed by atoms with Crippen molar-refractivity contribution in [3.8, 4) is 0 Å². The van der Waals surface area contributed by atoms with Gasteiger partial charge in [-0.15, -0.1) is 11.3 Å². The molecule has 0 radical (unpaired) electrons. The Kier molecular flexibility index (Phi) is 4.26. The molecule has 0 aliphatic carbocycles. The zero-order chi connectivity index (χ0) is 14.7. The van der Waals surface area contributed by atoms with Crippen LogP contribution in [0, 0.1) is 10.1 Å². The van der Waals surface area contributed by atoms with E-state index in [1.807, 2.05) is 23.7 Å². The number of piperidine rings is 1. The van der Waals surface area contributed by atoms with Gasteiger partial charge in [-0.3, -0.25) is 15.0 Å². The third-order valence-electron chi connectivity index (χ3n) is 3.91. The first-order valence-corrected chi connectivity index (χ1v) is 7.99. The van der Waals surface area contributed by atoms with Crippen molar-refractivity contribution in [2.24, 2.45) is 0 Å². The maximum Gasteiger partial charge on any atom is 0.273 e. The Balaban J connectivity index is 1.84. The molecule has 1 aromatic heterocycles. The van der Waals surface area contributed by atoms with E-state index in [0.29, 0.717) is 12.6 Å². The van der Waals surface area contributed by atoms with E-state index in [1.165, 1.54) is 6.42 Å². The minimum absolute atomic E-state index is 0.209. The van der Waals surface area contributed by atoms with Crippen molar-refractivity contribution in [3.05, 3.63) is 56.5 Å². The highest BCUT2D eigenvalue weighted by Gasteiger charge is 2.27. The molecule has 110 valence electrons. The summed E-state index contributed by atoms with van der Waals surface area (Å²) in [6, 6.07) is 7.31. The highest BCUT2D eigenvalue weighted by molar-refractivity contribution is 7.09. The first-order valence-electron chi connectivity index (χ1n) is 7.11. The maximum absolute atomic E-state index is 11.2. The summed E-state index contributed by atoms with van der Waals surface area (Å²) in [7, 11) is 0. The number of aromatic nitrogens is 1. The molecule has 2 heterocycles. The summed E-state index contributed by atoms with van der Waals surface area (Å²) in [5, 5.41) is 14.3. The molecule has 1 aliphatic heterocycles. The fraction of sp³-hybridized carbons (Fsp3) is 0.400. The molecule has 0 saturated carbocycles. The Labute approximate surface area is 127 Å². The lowest BCUT2D eigenvalue weighted by Crippen LogP contribution is -2.33. The van der Waals surface area contributed by atoms with Crippen LogP contribution >= 0.6 is 11.3 Å². The second kappa shape index (κ2) is 6.32. The smallest absolute Gasteiger partial charge is 0.273 e. The molecule has 6 heteroatoms. The number of benzene rings is 1. The lowest BCUT2D eigenvalue weighted by Gasteiger charge is -2.34. The molecule has 0 unspecified atom stereocenters. The van der Waals surface area contributed by atoms with E-state index in [0.717, 1.165) is 30.0 Å². The SMILES string of the molecule is O=[N+]([O-])c1ccccc1CN1CCCC[C@H]1c1nccs1. The molecule has 2 aromatic rings. The minimum Gasteiger partial charge on any atom is -0.289 e. The van der Waals surface area contributed by atoms with Crippen molar-refractivity contribution in [3.63, 3.8) is 0 Å². The Hall–Kier alpha value is -1.79. The Bertz CT molecular complexity index is 615. The number of nitrogens with zero attached hydrogens (tertiary/aromatic N) is 3. The lowest BCUT2D eigenvalue weighted by molar-refractivity contribution is -0.385. The molecule has 0 N–H and O–H groups in total. The first kappa shape index (κ1) is 14.2. The van der Waals surface area contributed by atoms with Gasteiger partial charge in [-0.1, -0.05) is 24.6 Å². The standard InChI is InChI=1S/C15H17N3O2S/c19-18(20)13-6-2-1-5-12(13)11-17-9-4-3-7-14(17)15-16-8-10-21-15/h1-2,5-6,8,10,14H,3-4,7,9,11H2/t14-/m0/s1. The predicted molar refractivity (Wildman–Crippen MR) is 82.2 cm³/mol.